The summed E-state index contributed by atoms with van der Waals surface area (Å²) in [4.78, 5) is 23.8. The Balaban J connectivity index is 1.78. The Kier molecular flexibility index (Phi) is 5.92. The van der Waals surface area contributed by atoms with Crippen LogP contribution in [-0.2, 0) is 9.59 Å². The minimum Gasteiger partial charge on any atom is -0.348 e. The van der Waals surface area contributed by atoms with Crippen molar-refractivity contribution in [3.8, 4) is 0 Å². The lowest BCUT2D eigenvalue weighted by molar-refractivity contribution is -0.129. The van der Waals surface area contributed by atoms with E-state index in [1.807, 2.05) is 0 Å². The van der Waals surface area contributed by atoms with E-state index >= 15 is 0 Å². The molecule has 1 aliphatic rings. The molecule has 1 atom stereocenters. The molecule has 0 heterocycles. The number of benzene rings is 1. The summed E-state index contributed by atoms with van der Waals surface area (Å²) in [6, 6.07) is 5.91. The minimum atomic E-state index is -0.430. The molecular formula is C17H23FN2O2. The first-order valence-corrected chi connectivity index (χ1v) is 7.89. The molecule has 2 rings (SSSR count). The molecule has 2 N–H and O–H groups in total. The van der Waals surface area contributed by atoms with E-state index in [0.717, 1.165) is 25.7 Å². The lowest BCUT2D eigenvalue weighted by atomic mass is 9.89. The van der Waals surface area contributed by atoms with Crippen LogP contribution in [0, 0.1) is 11.7 Å². The number of rotatable bonds is 5. The van der Waals surface area contributed by atoms with Crippen molar-refractivity contribution >= 4 is 11.8 Å². The van der Waals surface area contributed by atoms with E-state index < -0.39 is 6.04 Å². The highest BCUT2D eigenvalue weighted by Crippen LogP contribution is 2.23. The fourth-order valence-electron chi connectivity index (χ4n) is 2.87. The molecule has 4 nitrogen and oxygen atoms in total. The summed E-state index contributed by atoms with van der Waals surface area (Å²) in [5, 5.41) is 5.38. The molecule has 0 aromatic heterocycles. The van der Waals surface area contributed by atoms with E-state index in [0.29, 0.717) is 5.56 Å². The zero-order valence-corrected chi connectivity index (χ0v) is 12.9. The molecule has 0 aliphatic heterocycles. The number of hydrogen-bond acceptors (Lipinski definition) is 2. The van der Waals surface area contributed by atoms with Crippen LogP contribution in [0.2, 0.25) is 0 Å². The molecular weight excluding hydrogens is 283 g/mol. The molecule has 1 unspecified atom stereocenters. The van der Waals surface area contributed by atoms with E-state index in [1.165, 1.54) is 12.5 Å². The highest BCUT2D eigenvalue weighted by molar-refractivity contribution is 5.86. The van der Waals surface area contributed by atoms with Crippen molar-refractivity contribution in [3.63, 3.8) is 0 Å². The topological polar surface area (TPSA) is 58.2 Å². The van der Waals surface area contributed by atoms with Crippen LogP contribution in [0.3, 0.4) is 0 Å². The standard InChI is InChI=1S/C17H23FN2O2/c1-12(14-9-5-6-10-15(14)18)20-16(21)11-19-17(22)13-7-3-2-4-8-13/h5-6,9-10,12-13H,2-4,7-8,11H2,1H3,(H,19,22)(H,20,21). The fraction of sp³-hybridized carbons (Fsp3) is 0.529. The Morgan fingerprint density at radius 2 is 1.91 bits per heavy atom. The predicted octanol–water partition coefficient (Wildman–Crippen LogP) is 2.70. The average molecular weight is 306 g/mol. The van der Waals surface area contributed by atoms with Crippen molar-refractivity contribution in [2.75, 3.05) is 6.54 Å². The Morgan fingerprint density at radius 3 is 2.59 bits per heavy atom. The van der Waals surface area contributed by atoms with Crippen LogP contribution in [0.1, 0.15) is 50.6 Å². The number of halogens is 1. The monoisotopic (exact) mass is 306 g/mol. The number of amides is 2. The van der Waals surface area contributed by atoms with Gasteiger partial charge in [0.25, 0.3) is 0 Å². The third kappa shape index (κ3) is 4.55. The van der Waals surface area contributed by atoms with Gasteiger partial charge in [-0.25, -0.2) is 4.39 Å². The van der Waals surface area contributed by atoms with E-state index in [9.17, 15) is 14.0 Å². The highest BCUT2D eigenvalue weighted by Gasteiger charge is 2.21. The van der Waals surface area contributed by atoms with Crippen molar-refractivity contribution in [2.45, 2.75) is 45.1 Å². The summed E-state index contributed by atoms with van der Waals surface area (Å²) < 4.78 is 13.6. The molecule has 0 spiro atoms. The van der Waals surface area contributed by atoms with Gasteiger partial charge in [0.15, 0.2) is 0 Å². The molecule has 5 heteroatoms. The summed E-state index contributed by atoms with van der Waals surface area (Å²) in [5.41, 5.74) is 0.439. The number of carbonyl (C=O) groups excluding carboxylic acids is 2. The average Bonchev–Trinajstić information content (AvgIpc) is 2.53. The van der Waals surface area contributed by atoms with Crippen LogP contribution < -0.4 is 10.6 Å². The largest absolute Gasteiger partial charge is 0.348 e. The SMILES string of the molecule is CC(NC(=O)CNC(=O)C1CCCCC1)c1ccccc1F. The maximum Gasteiger partial charge on any atom is 0.239 e. The fourth-order valence-corrected chi connectivity index (χ4v) is 2.87. The molecule has 2 amide bonds. The maximum absolute atomic E-state index is 13.6. The van der Waals surface area contributed by atoms with E-state index in [-0.39, 0.29) is 30.1 Å². The second kappa shape index (κ2) is 7.92. The summed E-state index contributed by atoms with van der Waals surface area (Å²) in [5.74, 6) is -0.666. The molecule has 1 aromatic rings. The van der Waals surface area contributed by atoms with Crippen LogP contribution in [-0.4, -0.2) is 18.4 Å². The molecule has 0 radical (unpaired) electrons. The van der Waals surface area contributed by atoms with Gasteiger partial charge in [0, 0.05) is 11.5 Å². The van der Waals surface area contributed by atoms with Gasteiger partial charge < -0.3 is 10.6 Å². The molecule has 1 fully saturated rings. The van der Waals surface area contributed by atoms with E-state index in [1.54, 1.807) is 25.1 Å². The smallest absolute Gasteiger partial charge is 0.239 e. The second-order valence-corrected chi connectivity index (χ2v) is 5.86. The first kappa shape index (κ1) is 16.5. The third-order valence-electron chi connectivity index (χ3n) is 4.15. The van der Waals surface area contributed by atoms with Gasteiger partial charge in [-0.1, -0.05) is 37.5 Å². The first-order valence-electron chi connectivity index (χ1n) is 7.89. The molecule has 1 aromatic carbocycles. The van der Waals surface area contributed by atoms with Gasteiger partial charge in [-0.05, 0) is 25.8 Å². The Bertz CT molecular complexity index is 527. The van der Waals surface area contributed by atoms with Crippen molar-refractivity contribution in [2.24, 2.45) is 5.92 Å². The van der Waals surface area contributed by atoms with Crippen molar-refractivity contribution in [1.29, 1.82) is 0 Å². The Labute approximate surface area is 130 Å². The molecule has 0 saturated heterocycles. The summed E-state index contributed by atoms with van der Waals surface area (Å²) >= 11 is 0. The van der Waals surface area contributed by atoms with Crippen LogP contribution in [0.15, 0.2) is 24.3 Å². The number of nitrogens with one attached hydrogen (secondary N) is 2. The lowest BCUT2D eigenvalue weighted by Crippen LogP contribution is -2.40. The summed E-state index contributed by atoms with van der Waals surface area (Å²) in [6.45, 7) is 1.66. The number of carbonyl (C=O) groups is 2. The van der Waals surface area contributed by atoms with Gasteiger partial charge in [0.2, 0.25) is 11.8 Å². The normalized spacial score (nSPS) is 16.8. The van der Waals surface area contributed by atoms with Crippen molar-refractivity contribution < 1.29 is 14.0 Å². The Hall–Kier alpha value is -1.91. The maximum atomic E-state index is 13.6. The van der Waals surface area contributed by atoms with Gasteiger partial charge in [0.1, 0.15) is 5.82 Å². The molecule has 1 aliphatic carbocycles. The summed E-state index contributed by atoms with van der Waals surface area (Å²) in [6.07, 6.45) is 5.14. The Morgan fingerprint density at radius 1 is 1.23 bits per heavy atom. The zero-order chi connectivity index (χ0) is 15.9. The molecule has 0 bridgehead atoms. The van der Waals surface area contributed by atoms with Gasteiger partial charge in [-0.2, -0.15) is 0 Å². The van der Waals surface area contributed by atoms with Crippen LogP contribution >= 0.6 is 0 Å². The zero-order valence-electron chi connectivity index (χ0n) is 12.9. The van der Waals surface area contributed by atoms with E-state index in [4.69, 9.17) is 0 Å². The molecule has 1 saturated carbocycles. The van der Waals surface area contributed by atoms with Gasteiger partial charge in [-0.3, -0.25) is 9.59 Å². The van der Waals surface area contributed by atoms with Crippen molar-refractivity contribution in [1.82, 2.24) is 10.6 Å². The van der Waals surface area contributed by atoms with Gasteiger partial charge in [0.05, 0.1) is 12.6 Å². The van der Waals surface area contributed by atoms with E-state index in [2.05, 4.69) is 10.6 Å². The molecule has 22 heavy (non-hydrogen) atoms. The summed E-state index contributed by atoms with van der Waals surface area (Å²) in [7, 11) is 0. The van der Waals surface area contributed by atoms with Gasteiger partial charge >= 0.3 is 0 Å². The minimum absolute atomic E-state index is 0.0329. The van der Waals surface area contributed by atoms with Crippen molar-refractivity contribution in [3.05, 3.63) is 35.6 Å². The lowest BCUT2D eigenvalue weighted by Gasteiger charge is -2.21. The van der Waals surface area contributed by atoms with Gasteiger partial charge in [-0.15, -0.1) is 0 Å². The highest BCUT2D eigenvalue weighted by atomic mass is 19.1. The second-order valence-electron chi connectivity index (χ2n) is 5.86. The first-order chi connectivity index (χ1) is 10.6. The van der Waals surface area contributed by atoms with Crippen LogP contribution in [0.4, 0.5) is 4.39 Å². The molecule has 120 valence electrons. The third-order valence-corrected chi connectivity index (χ3v) is 4.15. The van der Waals surface area contributed by atoms with Crippen LogP contribution in [0.5, 0.6) is 0 Å². The predicted molar refractivity (Wildman–Crippen MR) is 82.5 cm³/mol. The van der Waals surface area contributed by atoms with Crippen LogP contribution in [0.25, 0.3) is 0 Å². The number of hydrogen-bond donors (Lipinski definition) is 2. The quantitative estimate of drug-likeness (QED) is 0.879.